The van der Waals surface area contributed by atoms with Crippen LogP contribution in [0.1, 0.15) is 19.4 Å². The van der Waals surface area contributed by atoms with E-state index in [1.54, 1.807) is 12.1 Å². The first-order valence-corrected chi connectivity index (χ1v) is 7.65. The van der Waals surface area contributed by atoms with E-state index in [-0.39, 0.29) is 11.2 Å². The molecule has 0 radical (unpaired) electrons. The predicted octanol–water partition coefficient (Wildman–Crippen LogP) is 3.67. The number of hydrogen-bond donors (Lipinski definition) is 0. The van der Waals surface area contributed by atoms with Gasteiger partial charge in [-0.25, -0.2) is 22.0 Å². The maximum atomic E-state index is 13.8. The second-order valence-electron chi connectivity index (χ2n) is 5.78. The molecule has 0 saturated heterocycles. The van der Waals surface area contributed by atoms with Crippen molar-refractivity contribution in [3.8, 4) is 11.1 Å². The molecule has 0 aliphatic carbocycles. The molecule has 23 heavy (non-hydrogen) atoms. The van der Waals surface area contributed by atoms with Crippen LogP contribution in [0.3, 0.4) is 0 Å². The molecule has 0 saturated carbocycles. The van der Waals surface area contributed by atoms with Crippen LogP contribution in [0, 0.1) is 29.1 Å². The third-order valence-electron chi connectivity index (χ3n) is 3.63. The number of halogens is 5. The van der Waals surface area contributed by atoms with Crippen molar-refractivity contribution in [3.63, 3.8) is 0 Å². The summed E-state index contributed by atoms with van der Waals surface area (Å²) in [5.41, 5.74) is -0.547. The Kier molecular flexibility index (Phi) is 4.91. The second kappa shape index (κ2) is 6.41. The fourth-order valence-electron chi connectivity index (χ4n) is 2.21. The summed E-state index contributed by atoms with van der Waals surface area (Å²) in [7, 11) is 0.563. The summed E-state index contributed by atoms with van der Waals surface area (Å²) in [6.07, 6.45) is 0.563. The maximum Gasteiger partial charge on any atom is 0.200 e. The van der Waals surface area contributed by atoms with E-state index in [9.17, 15) is 22.0 Å². The van der Waals surface area contributed by atoms with Crippen LogP contribution in [0.2, 0.25) is 0 Å². The lowest BCUT2D eigenvalue weighted by Crippen LogP contribution is -2.26. The Hall–Kier alpha value is -1.73. The maximum absolute atomic E-state index is 13.8. The summed E-state index contributed by atoms with van der Waals surface area (Å²) in [6, 6.07) is 5.82. The van der Waals surface area contributed by atoms with Crippen LogP contribution in [-0.4, -0.2) is 16.1 Å². The first-order valence-electron chi connectivity index (χ1n) is 6.84. The van der Waals surface area contributed by atoms with Crippen molar-refractivity contribution in [2.45, 2.75) is 25.9 Å². The molecule has 0 amide bonds. The molecule has 7 heteroatoms. The van der Waals surface area contributed by atoms with Crippen molar-refractivity contribution in [3.05, 3.63) is 58.9 Å². The Morgan fingerprint density at radius 3 is 1.70 bits per heavy atom. The molecule has 1 nitrogen and oxygen atoms in total. The molecule has 0 N–H and O–H groups in total. The van der Waals surface area contributed by atoms with Crippen LogP contribution in [0.5, 0.6) is 0 Å². The summed E-state index contributed by atoms with van der Waals surface area (Å²) in [5.74, 6) is -9.73. The van der Waals surface area contributed by atoms with Crippen LogP contribution >= 0.6 is 0 Å². The smallest absolute Gasteiger partial charge is 0.200 e. The summed E-state index contributed by atoms with van der Waals surface area (Å²) in [4.78, 5) is 0. The molecule has 2 aromatic carbocycles. The van der Waals surface area contributed by atoms with Gasteiger partial charge in [-0.05, 0) is 31.4 Å². The largest absolute Gasteiger partial charge is 0.423 e. The Bertz CT molecular complexity index is 699. The van der Waals surface area contributed by atoms with Crippen molar-refractivity contribution in [2.24, 2.45) is 0 Å². The zero-order valence-electron chi connectivity index (χ0n) is 12.8. The highest BCUT2D eigenvalue weighted by molar-refractivity contribution is 5.98. The molecule has 0 fully saturated rings. The zero-order valence-corrected chi connectivity index (χ0v) is 14.8. The van der Waals surface area contributed by atoms with Crippen molar-refractivity contribution in [1.82, 2.24) is 0 Å². The van der Waals surface area contributed by atoms with Gasteiger partial charge in [0, 0.05) is 0 Å². The highest BCUT2D eigenvalue weighted by Crippen LogP contribution is 2.32. The molecule has 0 aliphatic rings. The average molecular weight is 346 g/mol. The summed E-state index contributed by atoms with van der Waals surface area (Å²) in [6.45, 7) is 3.80. The molecule has 0 aromatic heterocycles. The van der Waals surface area contributed by atoms with Gasteiger partial charge in [-0.1, -0.05) is 24.3 Å². The van der Waals surface area contributed by atoms with E-state index < -0.39 is 34.6 Å². The number of rotatable bonds is 4. The van der Waals surface area contributed by atoms with E-state index >= 15 is 0 Å². The highest BCUT2D eigenvalue weighted by Gasteiger charge is 2.26. The quantitative estimate of drug-likeness (QED) is 0.355. The van der Waals surface area contributed by atoms with Crippen LogP contribution in [0.15, 0.2) is 24.3 Å². The third-order valence-corrected chi connectivity index (χ3v) is 4.74. The van der Waals surface area contributed by atoms with Crippen LogP contribution in [0.4, 0.5) is 22.0 Å². The monoisotopic (exact) mass is 346 g/mol. The van der Waals surface area contributed by atoms with E-state index in [4.69, 9.17) is 4.43 Å². The Morgan fingerprint density at radius 1 is 0.826 bits per heavy atom. The van der Waals surface area contributed by atoms with E-state index in [0.29, 0.717) is 16.9 Å². The van der Waals surface area contributed by atoms with E-state index in [1.807, 2.05) is 13.8 Å². The van der Waals surface area contributed by atoms with Crippen LogP contribution in [0.25, 0.3) is 11.1 Å². The summed E-state index contributed by atoms with van der Waals surface area (Å²) in [5, 5.41) is 0. The molecule has 2 aromatic rings. The molecule has 0 aliphatic heterocycles. The van der Waals surface area contributed by atoms with Gasteiger partial charge < -0.3 is 4.43 Å². The van der Waals surface area contributed by atoms with Gasteiger partial charge in [-0.2, -0.15) is 0 Å². The van der Waals surface area contributed by atoms with Gasteiger partial charge in [-0.15, -0.1) is 0 Å². The standard InChI is InChI=1S/C16H15F5OSi/c1-16(2,22-23)7-8-3-5-9(6-4-8)10-11(17)13(19)15(21)14(20)12(10)18/h3-6H,7H2,1-2,23H3. The molecule has 0 bridgehead atoms. The summed E-state index contributed by atoms with van der Waals surface area (Å²) < 4.78 is 72.6. The van der Waals surface area contributed by atoms with Crippen molar-refractivity contribution < 1.29 is 26.4 Å². The molecular formula is C16H15F5OSi. The molecule has 2 rings (SSSR count). The van der Waals surface area contributed by atoms with Gasteiger partial charge in [0.25, 0.3) is 0 Å². The number of hydrogen-bond acceptors (Lipinski definition) is 1. The molecule has 0 spiro atoms. The molecular weight excluding hydrogens is 331 g/mol. The zero-order chi connectivity index (χ0) is 17.4. The normalized spacial score (nSPS) is 12.0. The third kappa shape index (κ3) is 3.45. The van der Waals surface area contributed by atoms with Gasteiger partial charge in [0.2, 0.25) is 5.82 Å². The Labute approximate surface area is 133 Å². The fraction of sp³-hybridized carbons (Fsp3) is 0.250. The van der Waals surface area contributed by atoms with E-state index in [0.717, 1.165) is 5.56 Å². The Balaban J connectivity index is 2.45. The lowest BCUT2D eigenvalue weighted by atomic mass is 9.96. The fourth-order valence-corrected chi connectivity index (χ4v) is 2.36. The van der Waals surface area contributed by atoms with Crippen LogP contribution in [-0.2, 0) is 10.8 Å². The number of benzene rings is 2. The lowest BCUT2D eigenvalue weighted by molar-refractivity contribution is 0.124. The van der Waals surface area contributed by atoms with Gasteiger partial charge >= 0.3 is 0 Å². The molecule has 124 valence electrons. The molecule has 0 atom stereocenters. The van der Waals surface area contributed by atoms with Gasteiger partial charge in [0.1, 0.15) is 10.5 Å². The topological polar surface area (TPSA) is 9.23 Å². The first kappa shape index (κ1) is 17.6. The minimum Gasteiger partial charge on any atom is -0.423 e. The Morgan fingerprint density at radius 2 is 1.26 bits per heavy atom. The van der Waals surface area contributed by atoms with Crippen LogP contribution < -0.4 is 0 Å². The van der Waals surface area contributed by atoms with Gasteiger partial charge in [0.05, 0.1) is 11.2 Å². The van der Waals surface area contributed by atoms with E-state index in [1.165, 1.54) is 12.1 Å². The minimum atomic E-state index is -2.16. The van der Waals surface area contributed by atoms with Crippen molar-refractivity contribution >= 4 is 10.5 Å². The first-order chi connectivity index (χ1) is 10.7. The van der Waals surface area contributed by atoms with Gasteiger partial charge in [-0.3, -0.25) is 0 Å². The van der Waals surface area contributed by atoms with Crippen molar-refractivity contribution in [1.29, 1.82) is 0 Å². The second-order valence-corrected chi connectivity index (χ2v) is 6.19. The molecule has 0 heterocycles. The average Bonchev–Trinajstić information content (AvgIpc) is 2.52. The van der Waals surface area contributed by atoms with E-state index in [2.05, 4.69) is 0 Å². The predicted molar refractivity (Wildman–Crippen MR) is 80.5 cm³/mol. The summed E-state index contributed by atoms with van der Waals surface area (Å²) >= 11 is 0. The van der Waals surface area contributed by atoms with Gasteiger partial charge in [0.15, 0.2) is 23.3 Å². The van der Waals surface area contributed by atoms with Crippen molar-refractivity contribution in [2.75, 3.05) is 0 Å². The molecule has 0 unspecified atom stereocenters. The highest BCUT2D eigenvalue weighted by atomic mass is 28.2. The lowest BCUT2D eigenvalue weighted by Gasteiger charge is -2.23. The SMILES string of the molecule is CC(C)(Cc1ccc(-c2c(F)c(F)c(F)c(F)c2F)cc1)O[SiH3]. The minimum absolute atomic E-state index is 0.0776.